The van der Waals surface area contributed by atoms with E-state index in [1.165, 1.54) is 12.8 Å². The van der Waals surface area contributed by atoms with Gasteiger partial charge in [0.2, 0.25) is 0 Å². The van der Waals surface area contributed by atoms with E-state index in [1.54, 1.807) is 0 Å². The highest BCUT2D eigenvalue weighted by Gasteiger charge is 2.67. The third-order valence-electron chi connectivity index (χ3n) is 5.91. The Morgan fingerprint density at radius 2 is 2.12 bits per heavy atom. The zero-order valence-corrected chi connectivity index (χ0v) is 10.6. The van der Waals surface area contributed by atoms with Gasteiger partial charge in [-0.15, -0.1) is 0 Å². The van der Waals surface area contributed by atoms with Gasteiger partial charge in [-0.3, -0.25) is 4.79 Å². The van der Waals surface area contributed by atoms with E-state index in [0.717, 1.165) is 29.7 Å². The summed E-state index contributed by atoms with van der Waals surface area (Å²) in [4.78, 5) is 11.8. The quantitative estimate of drug-likeness (QED) is 0.616. The molecule has 0 N–H and O–H groups in total. The van der Waals surface area contributed by atoms with Gasteiger partial charge in [0, 0.05) is 6.42 Å². The molecule has 0 radical (unpaired) electrons. The highest BCUT2D eigenvalue weighted by atomic mass is 16.1. The molecule has 0 heterocycles. The summed E-state index contributed by atoms with van der Waals surface area (Å²) in [6.07, 6.45) is 3.47. The minimum absolute atomic E-state index is 0.355. The van der Waals surface area contributed by atoms with E-state index in [-0.39, 0.29) is 0 Å². The van der Waals surface area contributed by atoms with Crippen LogP contribution in [0.4, 0.5) is 0 Å². The van der Waals surface area contributed by atoms with E-state index in [0.29, 0.717) is 23.0 Å². The molecule has 88 valence electrons. The van der Waals surface area contributed by atoms with Gasteiger partial charge in [0.25, 0.3) is 0 Å². The second-order valence-corrected chi connectivity index (χ2v) is 6.77. The summed E-state index contributed by atoms with van der Waals surface area (Å²) in [5.74, 6) is 3.94. The predicted molar refractivity (Wildman–Crippen MR) is 64.9 cm³/mol. The molecule has 4 aliphatic carbocycles. The van der Waals surface area contributed by atoms with Crippen LogP contribution < -0.4 is 0 Å². The number of hydrogen-bond donors (Lipinski definition) is 0. The van der Waals surface area contributed by atoms with Crippen LogP contribution in [0.3, 0.4) is 0 Å². The van der Waals surface area contributed by atoms with Crippen molar-refractivity contribution in [3.05, 3.63) is 12.2 Å². The van der Waals surface area contributed by atoms with Crippen molar-refractivity contribution in [3.8, 4) is 0 Å². The van der Waals surface area contributed by atoms with Gasteiger partial charge in [0.05, 0.1) is 0 Å². The van der Waals surface area contributed by atoms with Crippen LogP contribution in [0, 0.1) is 35.0 Å². The van der Waals surface area contributed by atoms with Crippen LogP contribution in [0.5, 0.6) is 0 Å². The number of hydrogen-bond acceptors (Lipinski definition) is 1. The minimum Gasteiger partial charge on any atom is -0.295 e. The van der Waals surface area contributed by atoms with Gasteiger partial charge in [0.1, 0.15) is 0 Å². The third-order valence-corrected chi connectivity index (χ3v) is 5.91. The number of fused-ring (bicyclic) bond motifs is 2. The summed E-state index contributed by atoms with van der Waals surface area (Å²) in [5, 5.41) is 0. The van der Waals surface area contributed by atoms with Crippen molar-refractivity contribution >= 4 is 5.78 Å². The smallest absolute Gasteiger partial charge is 0.158 e. The summed E-state index contributed by atoms with van der Waals surface area (Å²) in [7, 11) is 0. The summed E-state index contributed by atoms with van der Waals surface area (Å²) < 4.78 is 0. The lowest BCUT2D eigenvalue weighted by Crippen LogP contribution is -2.66. The van der Waals surface area contributed by atoms with E-state index in [9.17, 15) is 4.79 Å². The third kappa shape index (κ3) is 1.00. The molecule has 4 saturated carbocycles. The molecule has 4 aliphatic rings. The van der Waals surface area contributed by atoms with Crippen molar-refractivity contribution in [2.75, 3.05) is 0 Å². The summed E-state index contributed by atoms with van der Waals surface area (Å²) >= 11 is 0. The molecule has 0 aromatic heterocycles. The van der Waals surface area contributed by atoms with Crippen molar-refractivity contribution in [2.24, 2.45) is 35.0 Å². The van der Waals surface area contributed by atoms with E-state index >= 15 is 0 Å². The highest BCUT2D eigenvalue weighted by Crippen LogP contribution is 2.72. The average Bonchev–Trinajstić information content (AvgIpc) is 2.22. The maximum Gasteiger partial charge on any atom is 0.158 e. The summed E-state index contributed by atoms with van der Waals surface area (Å²) in [5.41, 5.74) is 1.39. The molecule has 4 rings (SSSR count). The van der Waals surface area contributed by atoms with Gasteiger partial charge in [-0.05, 0) is 53.4 Å². The fourth-order valence-corrected chi connectivity index (χ4v) is 5.06. The van der Waals surface area contributed by atoms with E-state index in [2.05, 4.69) is 27.4 Å². The fraction of sp³-hybridized carbons (Fsp3) is 0.800. The topological polar surface area (TPSA) is 17.1 Å². The standard InChI is InChI=1S/C15H22O/c1-8(2)10-5-6-15(4)11-7-12(16)9(3)14(15)13(10)11/h8,10-11,13-14H,3,5-7H2,1-2,4H3/t10-,11+,13+,14?,15+/m0/s1. The molecule has 5 atom stereocenters. The van der Waals surface area contributed by atoms with Gasteiger partial charge in [-0.1, -0.05) is 27.4 Å². The molecular weight excluding hydrogens is 196 g/mol. The minimum atomic E-state index is 0.355. The van der Waals surface area contributed by atoms with Crippen LogP contribution in [-0.2, 0) is 4.79 Å². The van der Waals surface area contributed by atoms with E-state index in [4.69, 9.17) is 0 Å². The molecule has 1 heteroatoms. The van der Waals surface area contributed by atoms with Gasteiger partial charge < -0.3 is 0 Å². The van der Waals surface area contributed by atoms with Crippen molar-refractivity contribution in [3.63, 3.8) is 0 Å². The Morgan fingerprint density at radius 1 is 1.44 bits per heavy atom. The molecule has 4 bridgehead atoms. The Kier molecular flexibility index (Phi) is 1.98. The Hall–Kier alpha value is -0.590. The first-order valence-corrected chi connectivity index (χ1v) is 6.69. The van der Waals surface area contributed by atoms with Gasteiger partial charge in [0.15, 0.2) is 5.78 Å². The summed E-state index contributed by atoms with van der Waals surface area (Å²) in [6.45, 7) is 11.2. The van der Waals surface area contributed by atoms with Crippen molar-refractivity contribution < 1.29 is 4.79 Å². The van der Waals surface area contributed by atoms with Gasteiger partial charge in [-0.25, -0.2) is 0 Å². The Labute approximate surface area is 98.3 Å². The van der Waals surface area contributed by atoms with Crippen LogP contribution in [0.2, 0.25) is 0 Å². The number of Topliss-reactive ketones (excluding diaryl/α,β-unsaturated/α-hetero) is 1. The largest absolute Gasteiger partial charge is 0.295 e. The highest BCUT2D eigenvalue weighted by molar-refractivity contribution is 5.98. The summed E-state index contributed by atoms with van der Waals surface area (Å²) in [6, 6.07) is 0. The number of rotatable bonds is 1. The van der Waals surface area contributed by atoms with Gasteiger partial charge in [-0.2, -0.15) is 0 Å². The lowest BCUT2D eigenvalue weighted by molar-refractivity contribution is -0.195. The predicted octanol–water partition coefficient (Wildman–Crippen LogP) is 3.45. The first-order valence-electron chi connectivity index (χ1n) is 6.69. The molecule has 0 spiro atoms. The molecule has 16 heavy (non-hydrogen) atoms. The zero-order chi connectivity index (χ0) is 11.7. The molecule has 0 amide bonds. The molecule has 0 aliphatic heterocycles. The van der Waals surface area contributed by atoms with Crippen LogP contribution in [-0.4, -0.2) is 5.78 Å². The van der Waals surface area contributed by atoms with Crippen LogP contribution in [0.25, 0.3) is 0 Å². The lowest BCUT2D eigenvalue weighted by atomic mass is 9.33. The molecule has 4 fully saturated rings. The molecule has 0 aromatic carbocycles. The van der Waals surface area contributed by atoms with E-state index in [1.807, 2.05) is 0 Å². The Bertz CT molecular complexity index is 368. The molecule has 0 aromatic rings. The second-order valence-electron chi connectivity index (χ2n) is 6.77. The normalized spacial score (nSPS) is 50.5. The number of ketones is 1. The van der Waals surface area contributed by atoms with Crippen LogP contribution in [0.1, 0.15) is 40.0 Å². The SMILES string of the molecule is C=C1C(=O)C[C@@H]2[C@@H]3C1[C@]2(C)CC[C@H]3C(C)C. The number of allylic oxidation sites excluding steroid dienone is 1. The molecule has 1 unspecified atom stereocenters. The van der Waals surface area contributed by atoms with Crippen molar-refractivity contribution in [1.82, 2.24) is 0 Å². The monoisotopic (exact) mass is 218 g/mol. The first kappa shape index (κ1) is 10.6. The molecular formula is C15H22O. The Morgan fingerprint density at radius 3 is 2.69 bits per heavy atom. The van der Waals surface area contributed by atoms with Gasteiger partial charge >= 0.3 is 0 Å². The first-order chi connectivity index (χ1) is 7.47. The van der Waals surface area contributed by atoms with Crippen LogP contribution in [0.15, 0.2) is 12.2 Å². The Balaban J connectivity index is 1.96. The molecule has 1 nitrogen and oxygen atoms in total. The molecule has 0 saturated heterocycles. The van der Waals surface area contributed by atoms with Crippen molar-refractivity contribution in [2.45, 2.75) is 40.0 Å². The fourth-order valence-electron chi connectivity index (χ4n) is 5.06. The van der Waals surface area contributed by atoms with Crippen LogP contribution >= 0.6 is 0 Å². The number of carbonyl (C=O) groups excluding carboxylic acids is 1. The van der Waals surface area contributed by atoms with E-state index < -0.39 is 0 Å². The second kappa shape index (κ2) is 3.00. The number of carbonyl (C=O) groups is 1. The zero-order valence-electron chi connectivity index (χ0n) is 10.6. The van der Waals surface area contributed by atoms with Crippen molar-refractivity contribution in [1.29, 1.82) is 0 Å². The maximum absolute atomic E-state index is 11.8. The maximum atomic E-state index is 11.8. The average molecular weight is 218 g/mol. The lowest BCUT2D eigenvalue weighted by Gasteiger charge is -2.70.